The maximum absolute atomic E-state index is 13.0. The number of allylic oxidation sites excluding steroid dienone is 1. The van der Waals surface area contributed by atoms with Crippen LogP contribution in [0.15, 0.2) is 40.9 Å². The summed E-state index contributed by atoms with van der Waals surface area (Å²) in [4.78, 5) is 31.0. The molecule has 0 unspecified atom stereocenters. The fourth-order valence-corrected chi connectivity index (χ4v) is 3.48. The number of aliphatic imine (C=N–C) groups is 1. The second kappa shape index (κ2) is 11.7. The van der Waals surface area contributed by atoms with Crippen LogP contribution in [0.1, 0.15) is 59.3 Å². The number of ether oxygens (including phenoxy) is 1. The predicted octanol–water partition coefficient (Wildman–Crippen LogP) is 2.36. The number of nitrogens with zero attached hydrogens (tertiary/aromatic N) is 2. The average Bonchev–Trinajstić information content (AvgIpc) is 3.08. The molecule has 31 heavy (non-hydrogen) atoms. The van der Waals surface area contributed by atoms with E-state index in [-0.39, 0.29) is 29.9 Å². The van der Waals surface area contributed by atoms with Gasteiger partial charge in [-0.25, -0.2) is 0 Å². The second-order valence-corrected chi connectivity index (χ2v) is 8.70. The third-order valence-electron chi connectivity index (χ3n) is 5.05. The Balaban J connectivity index is 2.14. The van der Waals surface area contributed by atoms with Gasteiger partial charge in [0.25, 0.3) is 11.8 Å². The number of rotatable bonds is 10. The van der Waals surface area contributed by atoms with Crippen LogP contribution in [0, 0.1) is 5.92 Å². The first-order valence-electron chi connectivity index (χ1n) is 11.1. The summed E-state index contributed by atoms with van der Waals surface area (Å²) >= 11 is 0. The first-order valence-corrected chi connectivity index (χ1v) is 11.1. The molecule has 2 aliphatic rings. The van der Waals surface area contributed by atoms with Crippen LogP contribution >= 0.6 is 0 Å². The van der Waals surface area contributed by atoms with Crippen LogP contribution in [0.5, 0.6) is 0 Å². The van der Waals surface area contributed by atoms with Crippen molar-refractivity contribution in [3.8, 4) is 0 Å². The van der Waals surface area contributed by atoms with Crippen LogP contribution in [0.25, 0.3) is 0 Å². The number of amidine groups is 1. The van der Waals surface area contributed by atoms with Crippen LogP contribution < -0.4 is 11.1 Å². The van der Waals surface area contributed by atoms with Crippen molar-refractivity contribution in [1.82, 2.24) is 10.2 Å². The van der Waals surface area contributed by atoms with Crippen LogP contribution in [0.4, 0.5) is 0 Å². The summed E-state index contributed by atoms with van der Waals surface area (Å²) in [6.45, 7) is 6.42. The summed E-state index contributed by atoms with van der Waals surface area (Å²) in [6.07, 6.45) is 12.5. The Morgan fingerprint density at radius 3 is 2.74 bits per heavy atom. The molecule has 1 fully saturated rings. The van der Waals surface area contributed by atoms with E-state index >= 15 is 0 Å². The normalized spacial score (nSPS) is 19.2. The summed E-state index contributed by atoms with van der Waals surface area (Å²) in [6, 6.07) is 0. The Labute approximate surface area is 184 Å². The number of amides is 2. The van der Waals surface area contributed by atoms with Crippen molar-refractivity contribution in [2.45, 2.75) is 64.9 Å². The number of nitrogens with two attached hydrogens (primary N) is 1. The molecule has 1 aliphatic carbocycles. The summed E-state index contributed by atoms with van der Waals surface area (Å²) < 4.78 is 5.61. The lowest BCUT2D eigenvalue weighted by Gasteiger charge is -2.23. The number of hydrogen-bond acceptors (Lipinski definition) is 5. The molecule has 2 amide bonds. The van der Waals surface area contributed by atoms with Crippen LogP contribution in [0.2, 0.25) is 0 Å². The maximum Gasteiger partial charge on any atom is 0.295 e. The van der Waals surface area contributed by atoms with Crippen molar-refractivity contribution in [3.05, 3.63) is 35.9 Å². The zero-order valence-corrected chi connectivity index (χ0v) is 18.9. The average molecular weight is 433 g/mol. The molecule has 172 valence electrons. The molecule has 0 aromatic rings. The molecule has 0 spiro atoms. The molecule has 4 N–H and O–H groups in total. The molecule has 0 radical (unpaired) electrons. The van der Waals surface area contributed by atoms with E-state index in [0.29, 0.717) is 18.9 Å². The van der Waals surface area contributed by atoms with Crippen molar-refractivity contribution in [2.75, 3.05) is 19.7 Å². The van der Waals surface area contributed by atoms with E-state index in [2.05, 4.69) is 10.3 Å². The highest BCUT2D eigenvalue weighted by Gasteiger charge is 2.30. The second-order valence-electron chi connectivity index (χ2n) is 8.70. The Kier molecular flexibility index (Phi) is 9.30. The standard InChI is InChI=1S/C23H36N4O4/c1-4-12-31-18-14-21(28)27(15-18)19(13-17-8-6-5-7-9-17)22(29)26-20(24)10-11-25-16-23(2,3)30/h10-11,13-14,17,25,30H,4-9,12,15-16H2,1-3H3,(H2,24,26,29)/b11-10-,19-13+. The number of hydrogen-bond donors (Lipinski definition) is 3. The van der Waals surface area contributed by atoms with Gasteiger partial charge >= 0.3 is 0 Å². The van der Waals surface area contributed by atoms with E-state index in [9.17, 15) is 14.7 Å². The number of aliphatic hydroxyl groups is 1. The highest BCUT2D eigenvalue weighted by Crippen LogP contribution is 2.28. The van der Waals surface area contributed by atoms with E-state index in [0.717, 1.165) is 32.1 Å². The van der Waals surface area contributed by atoms with Gasteiger partial charge in [-0.3, -0.25) is 14.5 Å². The van der Waals surface area contributed by atoms with Gasteiger partial charge in [0.15, 0.2) is 0 Å². The van der Waals surface area contributed by atoms with Crippen molar-refractivity contribution < 1.29 is 19.4 Å². The molecule has 2 rings (SSSR count). The Morgan fingerprint density at radius 1 is 1.39 bits per heavy atom. The SMILES string of the molecule is CCCOC1=CC(=O)N(/C(=C/C2CCCCC2)C(=O)N=C(N)/C=C\NCC(C)(C)O)C1. The van der Waals surface area contributed by atoms with E-state index in [1.54, 1.807) is 13.8 Å². The summed E-state index contributed by atoms with van der Waals surface area (Å²) in [5.41, 5.74) is 5.27. The van der Waals surface area contributed by atoms with Crippen molar-refractivity contribution in [3.63, 3.8) is 0 Å². The third kappa shape index (κ3) is 8.57. The van der Waals surface area contributed by atoms with E-state index in [1.807, 2.05) is 13.0 Å². The molecule has 0 aromatic heterocycles. The lowest BCUT2D eigenvalue weighted by Crippen LogP contribution is -2.32. The van der Waals surface area contributed by atoms with Crippen molar-refractivity contribution in [2.24, 2.45) is 16.6 Å². The Morgan fingerprint density at radius 2 is 2.10 bits per heavy atom. The summed E-state index contributed by atoms with van der Waals surface area (Å²) in [5.74, 6) is -0.0142. The summed E-state index contributed by atoms with van der Waals surface area (Å²) in [5, 5.41) is 12.6. The van der Waals surface area contributed by atoms with Crippen LogP contribution in [-0.4, -0.2) is 53.0 Å². The Hall–Kier alpha value is -2.61. The lowest BCUT2D eigenvalue weighted by molar-refractivity contribution is -0.126. The van der Waals surface area contributed by atoms with Crippen LogP contribution in [-0.2, 0) is 14.3 Å². The maximum atomic E-state index is 13.0. The van der Waals surface area contributed by atoms with Gasteiger partial charge in [0, 0.05) is 18.8 Å². The van der Waals surface area contributed by atoms with Gasteiger partial charge < -0.3 is 20.9 Å². The van der Waals surface area contributed by atoms with E-state index in [4.69, 9.17) is 10.5 Å². The molecule has 1 aliphatic heterocycles. The first kappa shape index (κ1) is 24.7. The van der Waals surface area contributed by atoms with E-state index < -0.39 is 11.5 Å². The molecular formula is C23H36N4O4. The van der Waals surface area contributed by atoms with E-state index in [1.165, 1.54) is 29.7 Å². The minimum absolute atomic E-state index is 0.0184. The molecule has 0 aromatic carbocycles. The van der Waals surface area contributed by atoms with Gasteiger partial charge in [-0.1, -0.05) is 32.3 Å². The number of carbonyl (C=O) groups is 2. The smallest absolute Gasteiger partial charge is 0.295 e. The largest absolute Gasteiger partial charge is 0.496 e. The third-order valence-corrected chi connectivity index (χ3v) is 5.05. The first-order chi connectivity index (χ1) is 14.7. The minimum Gasteiger partial charge on any atom is -0.496 e. The monoisotopic (exact) mass is 432 g/mol. The fourth-order valence-electron chi connectivity index (χ4n) is 3.48. The summed E-state index contributed by atoms with van der Waals surface area (Å²) in [7, 11) is 0. The topological polar surface area (TPSA) is 117 Å². The van der Waals surface area contributed by atoms with Gasteiger partial charge in [-0.05, 0) is 45.1 Å². The van der Waals surface area contributed by atoms with Gasteiger partial charge in [0.2, 0.25) is 0 Å². The fraction of sp³-hybridized carbons (Fsp3) is 0.609. The number of carbonyl (C=O) groups excluding carboxylic acids is 2. The molecule has 0 bridgehead atoms. The number of nitrogens with one attached hydrogen (secondary N) is 1. The zero-order valence-electron chi connectivity index (χ0n) is 18.9. The molecule has 8 heteroatoms. The van der Waals surface area contributed by atoms with Crippen LogP contribution in [0.3, 0.4) is 0 Å². The highest BCUT2D eigenvalue weighted by molar-refractivity contribution is 6.08. The quantitative estimate of drug-likeness (QED) is 0.277. The highest BCUT2D eigenvalue weighted by atomic mass is 16.5. The minimum atomic E-state index is -0.872. The molecule has 0 saturated heterocycles. The molecule has 1 saturated carbocycles. The van der Waals surface area contributed by atoms with Gasteiger partial charge in [-0.15, -0.1) is 0 Å². The molecule has 0 atom stereocenters. The molecular weight excluding hydrogens is 396 g/mol. The Bertz CT molecular complexity index is 756. The lowest BCUT2D eigenvalue weighted by atomic mass is 9.88. The molecule has 8 nitrogen and oxygen atoms in total. The zero-order chi connectivity index (χ0) is 22.9. The van der Waals surface area contributed by atoms with Crippen molar-refractivity contribution >= 4 is 17.6 Å². The van der Waals surface area contributed by atoms with Gasteiger partial charge in [-0.2, -0.15) is 4.99 Å². The molecule has 1 heterocycles. The van der Waals surface area contributed by atoms with Gasteiger partial charge in [0.05, 0.1) is 18.8 Å². The predicted molar refractivity (Wildman–Crippen MR) is 121 cm³/mol. The van der Waals surface area contributed by atoms with Crippen molar-refractivity contribution in [1.29, 1.82) is 0 Å². The van der Waals surface area contributed by atoms with Gasteiger partial charge in [0.1, 0.15) is 17.3 Å².